The van der Waals surface area contributed by atoms with E-state index < -0.39 is 10.0 Å². The van der Waals surface area contributed by atoms with E-state index in [0.29, 0.717) is 12.5 Å². The van der Waals surface area contributed by atoms with Gasteiger partial charge in [-0.3, -0.25) is 0 Å². The van der Waals surface area contributed by atoms with E-state index in [1.807, 2.05) is 6.92 Å². The standard InChI is InChI=1S/C8H18N2O3S/c1-7-8(2-4-13-7)6-10-3-5-14(9,11)12/h7-8,10H,2-6H2,1H3,(H2,9,11,12). The minimum absolute atomic E-state index is 0.00500. The molecule has 0 aromatic rings. The second kappa shape index (κ2) is 5.06. The Labute approximate surface area is 85.1 Å². The Hall–Kier alpha value is -0.170. The van der Waals surface area contributed by atoms with Crippen molar-refractivity contribution in [3.05, 3.63) is 0 Å². The smallest absolute Gasteiger partial charge is 0.210 e. The summed E-state index contributed by atoms with van der Waals surface area (Å²) in [6.07, 6.45) is 1.32. The van der Waals surface area contributed by atoms with Crippen LogP contribution in [0.25, 0.3) is 0 Å². The zero-order valence-corrected chi connectivity index (χ0v) is 9.22. The Morgan fingerprint density at radius 3 is 2.79 bits per heavy atom. The highest BCUT2D eigenvalue weighted by Gasteiger charge is 2.23. The molecular formula is C8H18N2O3S. The van der Waals surface area contributed by atoms with E-state index in [0.717, 1.165) is 19.6 Å². The molecule has 0 aliphatic carbocycles. The predicted octanol–water partition coefficient (Wildman–Crippen LogP) is -0.710. The normalized spacial score (nSPS) is 28.1. The van der Waals surface area contributed by atoms with Crippen molar-refractivity contribution in [1.29, 1.82) is 0 Å². The topological polar surface area (TPSA) is 81.4 Å². The average Bonchev–Trinajstić information content (AvgIpc) is 2.44. The summed E-state index contributed by atoms with van der Waals surface area (Å²) in [4.78, 5) is 0. The molecule has 2 unspecified atom stereocenters. The van der Waals surface area contributed by atoms with Crippen molar-refractivity contribution >= 4 is 10.0 Å². The summed E-state index contributed by atoms with van der Waals surface area (Å²) >= 11 is 0. The van der Waals surface area contributed by atoms with Crippen LogP contribution < -0.4 is 10.5 Å². The van der Waals surface area contributed by atoms with Crippen LogP contribution in [0, 0.1) is 5.92 Å². The lowest BCUT2D eigenvalue weighted by molar-refractivity contribution is 0.106. The van der Waals surface area contributed by atoms with E-state index in [1.165, 1.54) is 0 Å². The van der Waals surface area contributed by atoms with Crippen molar-refractivity contribution in [3.8, 4) is 0 Å². The number of hydrogen-bond donors (Lipinski definition) is 2. The SMILES string of the molecule is CC1OCCC1CNCCS(N)(=O)=O. The van der Waals surface area contributed by atoms with E-state index in [1.54, 1.807) is 0 Å². The number of nitrogens with one attached hydrogen (secondary N) is 1. The lowest BCUT2D eigenvalue weighted by atomic mass is 10.0. The molecule has 0 aromatic heterocycles. The fourth-order valence-electron chi connectivity index (χ4n) is 1.55. The lowest BCUT2D eigenvalue weighted by Gasteiger charge is -2.14. The van der Waals surface area contributed by atoms with Gasteiger partial charge in [-0.15, -0.1) is 0 Å². The first-order valence-corrected chi connectivity index (χ1v) is 6.53. The molecule has 2 atom stereocenters. The monoisotopic (exact) mass is 222 g/mol. The first-order valence-electron chi connectivity index (χ1n) is 4.82. The molecule has 0 amide bonds. The third-order valence-electron chi connectivity index (χ3n) is 2.50. The summed E-state index contributed by atoms with van der Waals surface area (Å²) < 4.78 is 26.6. The molecule has 5 nitrogen and oxygen atoms in total. The van der Waals surface area contributed by atoms with Gasteiger partial charge in [0.05, 0.1) is 11.9 Å². The maximum atomic E-state index is 10.6. The number of hydrogen-bond acceptors (Lipinski definition) is 4. The molecule has 1 rings (SSSR count). The first kappa shape index (κ1) is 11.9. The number of rotatable bonds is 5. The second-order valence-electron chi connectivity index (χ2n) is 3.70. The molecule has 1 aliphatic rings. The van der Waals surface area contributed by atoms with E-state index in [4.69, 9.17) is 9.88 Å². The fraction of sp³-hybridized carbons (Fsp3) is 1.00. The van der Waals surface area contributed by atoms with Crippen LogP contribution in [0.15, 0.2) is 0 Å². The molecule has 1 fully saturated rings. The van der Waals surface area contributed by atoms with Crippen molar-refractivity contribution in [2.75, 3.05) is 25.4 Å². The molecule has 0 bridgehead atoms. The lowest BCUT2D eigenvalue weighted by Crippen LogP contribution is -2.32. The number of primary sulfonamides is 1. The molecule has 0 saturated carbocycles. The van der Waals surface area contributed by atoms with Crippen molar-refractivity contribution in [1.82, 2.24) is 5.32 Å². The minimum atomic E-state index is -3.33. The molecule has 14 heavy (non-hydrogen) atoms. The van der Waals surface area contributed by atoms with Crippen molar-refractivity contribution < 1.29 is 13.2 Å². The fourth-order valence-corrected chi connectivity index (χ4v) is 1.97. The predicted molar refractivity (Wildman–Crippen MR) is 54.4 cm³/mol. The number of sulfonamides is 1. The Morgan fingerprint density at radius 1 is 1.57 bits per heavy atom. The second-order valence-corrected chi connectivity index (χ2v) is 5.43. The van der Waals surface area contributed by atoms with Gasteiger partial charge in [0.1, 0.15) is 0 Å². The van der Waals surface area contributed by atoms with Crippen LogP contribution in [-0.2, 0) is 14.8 Å². The van der Waals surface area contributed by atoms with Crippen molar-refractivity contribution in [2.45, 2.75) is 19.4 Å². The third-order valence-corrected chi connectivity index (χ3v) is 3.28. The number of nitrogens with two attached hydrogens (primary N) is 1. The minimum Gasteiger partial charge on any atom is -0.378 e. The zero-order valence-electron chi connectivity index (χ0n) is 8.40. The van der Waals surface area contributed by atoms with Gasteiger partial charge in [-0.05, 0) is 19.3 Å². The zero-order chi connectivity index (χ0) is 10.6. The van der Waals surface area contributed by atoms with Gasteiger partial charge in [-0.1, -0.05) is 0 Å². The molecule has 6 heteroatoms. The van der Waals surface area contributed by atoms with Crippen LogP contribution in [-0.4, -0.2) is 40.0 Å². The molecule has 0 radical (unpaired) electrons. The van der Waals surface area contributed by atoms with Crippen molar-refractivity contribution in [2.24, 2.45) is 11.1 Å². The molecule has 1 aliphatic heterocycles. The molecule has 0 aromatic carbocycles. The summed E-state index contributed by atoms with van der Waals surface area (Å²) in [5.41, 5.74) is 0. The van der Waals surface area contributed by atoms with Gasteiger partial charge >= 0.3 is 0 Å². The molecule has 84 valence electrons. The molecule has 3 N–H and O–H groups in total. The third kappa shape index (κ3) is 4.36. The highest BCUT2D eigenvalue weighted by atomic mass is 32.2. The Kier molecular flexibility index (Phi) is 4.31. The molecule has 1 saturated heterocycles. The average molecular weight is 222 g/mol. The van der Waals surface area contributed by atoms with E-state index >= 15 is 0 Å². The Balaban J connectivity index is 2.09. The Bertz CT molecular complexity index is 266. The highest BCUT2D eigenvalue weighted by molar-refractivity contribution is 7.89. The maximum absolute atomic E-state index is 10.6. The van der Waals surface area contributed by atoms with Gasteiger partial charge < -0.3 is 10.1 Å². The van der Waals surface area contributed by atoms with Gasteiger partial charge in [0.15, 0.2) is 0 Å². The van der Waals surface area contributed by atoms with E-state index in [2.05, 4.69) is 5.32 Å². The Morgan fingerprint density at radius 2 is 2.29 bits per heavy atom. The summed E-state index contributed by atoms with van der Waals surface area (Å²) in [6.45, 7) is 4.07. The first-order chi connectivity index (χ1) is 6.49. The molecular weight excluding hydrogens is 204 g/mol. The number of ether oxygens (including phenoxy) is 1. The largest absolute Gasteiger partial charge is 0.378 e. The van der Waals surface area contributed by atoms with Crippen LogP contribution in [0.1, 0.15) is 13.3 Å². The van der Waals surface area contributed by atoms with Gasteiger partial charge in [0.25, 0.3) is 0 Å². The summed E-state index contributed by atoms with van der Waals surface area (Å²) in [5, 5.41) is 7.94. The van der Waals surface area contributed by atoms with Crippen LogP contribution in [0.4, 0.5) is 0 Å². The molecule has 1 heterocycles. The maximum Gasteiger partial charge on any atom is 0.210 e. The van der Waals surface area contributed by atoms with Gasteiger partial charge in [-0.2, -0.15) is 0 Å². The summed E-state index contributed by atoms with van der Waals surface area (Å²) in [6, 6.07) is 0. The van der Waals surface area contributed by atoms with E-state index in [-0.39, 0.29) is 11.9 Å². The van der Waals surface area contributed by atoms with Crippen LogP contribution >= 0.6 is 0 Å². The van der Waals surface area contributed by atoms with Crippen LogP contribution in [0.2, 0.25) is 0 Å². The quantitative estimate of drug-likeness (QED) is 0.602. The van der Waals surface area contributed by atoms with Gasteiger partial charge in [0.2, 0.25) is 10.0 Å². The van der Waals surface area contributed by atoms with Crippen LogP contribution in [0.5, 0.6) is 0 Å². The summed E-state index contributed by atoms with van der Waals surface area (Å²) in [7, 11) is -3.33. The van der Waals surface area contributed by atoms with Gasteiger partial charge in [-0.25, -0.2) is 13.6 Å². The van der Waals surface area contributed by atoms with Gasteiger partial charge in [0, 0.05) is 19.7 Å². The molecule has 0 spiro atoms. The highest BCUT2D eigenvalue weighted by Crippen LogP contribution is 2.18. The van der Waals surface area contributed by atoms with Crippen LogP contribution in [0.3, 0.4) is 0 Å². The van der Waals surface area contributed by atoms with Crippen molar-refractivity contribution in [3.63, 3.8) is 0 Å². The van der Waals surface area contributed by atoms with E-state index in [9.17, 15) is 8.42 Å². The summed E-state index contributed by atoms with van der Waals surface area (Å²) in [5.74, 6) is 0.491.